The number of non-ortho nitro benzene ring substituents is 1. The molecule has 8 heteroatoms. The number of nitrogens with one attached hydrogen (secondary N) is 1. The van der Waals surface area contributed by atoms with E-state index in [0.717, 1.165) is 0 Å². The Balaban J connectivity index is 1.66. The number of hydrogen-bond acceptors (Lipinski definition) is 4. The molecule has 0 saturated carbocycles. The predicted octanol–water partition coefficient (Wildman–Crippen LogP) is 2.27. The van der Waals surface area contributed by atoms with Crippen molar-refractivity contribution in [2.24, 2.45) is 0 Å². The van der Waals surface area contributed by atoms with Crippen molar-refractivity contribution in [1.29, 1.82) is 0 Å². The lowest BCUT2D eigenvalue weighted by Crippen LogP contribution is -2.37. The first kappa shape index (κ1) is 16.6. The molecule has 2 amide bonds. The summed E-state index contributed by atoms with van der Waals surface area (Å²) in [5, 5.41) is 13.4. The Morgan fingerprint density at radius 1 is 1.24 bits per heavy atom. The predicted molar refractivity (Wildman–Crippen MR) is 87.7 cm³/mol. The van der Waals surface area contributed by atoms with Gasteiger partial charge in [-0.15, -0.1) is 0 Å². The normalized spacial score (nSPS) is 16.8. The first-order valence-corrected chi connectivity index (χ1v) is 7.55. The summed E-state index contributed by atoms with van der Waals surface area (Å²) in [6.07, 6.45) is 0.106. The lowest BCUT2D eigenvalue weighted by Gasteiger charge is -2.17. The van der Waals surface area contributed by atoms with Crippen LogP contribution in [0.3, 0.4) is 0 Å². The minimum atomic E-state index is -0.547. The molecule has 1 N–H and O–H groups in total. The number of nitro groups is 1. The van der Waals surface area contributed by atoms with Gasteiger partial charge in [-0.2, -0.15) is 0 Å². The van der Waals surface area contributed by atoms with Crippen LogP contribution in [0.2, 0.25) is 0 Å². The van der Waals surface area contributed by atoms with Crippen LogP contribution in [0.15, 0.2) is 48.5 Å². The lowest BCUT2D eigenvalue weighted by atomic mass is 10.1. The highest BCUT2D eigenvalue weighted by molar-refractivity contribution is 5.99. The number of halogens is 1. The summed E-state index contributed by atoms with van der Waals surface area (Å²) in [4.78, 5) is 35.8. The molecule has 0 aliphatic carbocycles. The molecule has 2 aromatic carbocycles. The average molecular weight is 343 g/mol. The summed E-state index contributed by atoms with van der Waals surface area (Å²) in [7, 11) is 0. The van der Waals surface area contributed by atoms with Crippen LogP contribution in [-0.2, 0) is 4.79 Å². The highest BCUT2D eigenvalue weighted by atomic mass is 19.1. The maximum absolute atomic E-state index is 13.3. The number of hydrogen-bond donors (Lipinski definition) is 1. The van der Waals surface area contributed by atoms with Gasteiger partial charge in [0.25, 0.3) is 11.6 Å². The van der Waals surface area contributed by atoms with Crippen LogP contribution in [-0.4, -0.2) is 29.3 Å². The van der Waals surface area contributed by atoms with Crippen LogP contribution in [0.5, 0.6) is 0 Å². The van der Waals surface area contributed by atoms with Crippen molar-refractivity contribution >= 4 is 23.2 Å². The average Bonchev–Trinajstić information content (AvgIpc) is 2.95. The molecule has 1 atom stereocenters. The van der Waals surface area contributed by atoms with Gasteiger partial charge in [0.2, 0.25) is 5.91 Å². The molecule has 3 rings (SSSR count). The molecule has 128 valence electrons. The largest absolute Gasteiger partial charge is 0.347 e. The topological polar surface area (TPSA) is 92.6 Å². The Morgan fingerprint density at radius 3 is 2.60 bits per heavy atom. The second-order valence-electron chi connectivity index (χ2n) is 5.66. The maximum atomic E-state index is 13.3. The van der Waals surface area contributed by atoms with E-state index in [1.807, 2.05) is 0 Å². The van der Waals surface area contributed by atoms with Crippen LogP contribution in [0.4, 0.5) is 15.8 Å². The molecule has 2 aromatic rings. The Hall–Kier alpha value is -3.29. The Labute approximate surface area is 142 Å². The first-order chi connectivity index (χ1) is 11.9. The van der Waals surface area contributed by atoms with E-state index in [4.69, 9.17) is 0 Å². The molecule has 1 heterocycles. The number of amides is 2. The van der Waals surface area contributed by atoms with Crippen molar-refractivity contribution in [2.45, 2.75) is 12.5 Å². The maximum Gasteiger partial charge on any atom is 0.269 e. The van der Waals surface area contributed by atoms with Crippen molar-refractivity contribution in [3.8, 4) is 0 Å². The van der Waals surface area contributed by atoms with Crippen LogP contribution in [0, 0.1) is 15.9 Å². The van der Waals surface area contributed by atoms with Gasteiger partial charge in [0.05, 0.1) is 11.0 Å². The van der Waals surface area contributed by atoms with Crippen molar-refractivity contribution in [3.63, 3.8) is 0 Å². The summed E-state index contributed by atoms with van der Waals surface area (Å²) in [6, 6.07) is 10.5. The van der Waals surface area contributed by atoms with Crippen molar-refractivity contribution in [2.75, 3.05) is 11.4 Å². The molecule has 1 aliphatic rings. The molecular weight excluding hydrogens is 329 g/mol. The lowest BCUT2D eigenvalue weighted by molar-refractivity contribution is -0.384. The fourth-order valence-electron chi connectivity index (χ4n) is 2.70. The van der Waals surface area contributed by atoms with E-state index in [1.54, 1.807) is 6.07 Å². The highest BCUT2D eigenvalue weighted by Gasteiger charge is 2.31. The molecule has 0 radical (unpaired) electrons. The van der Waals surface area contributed by atoms with E-state index in [0.29, 0.717) is 5.69 Å². The van der Waals surface area contributed by atoms with Gasteiger partial charge < -0.3 is 10.2 Å². The third kappa shape index (κ3) is 3.63. The smallest absolute Gasteiger partial charge is 0.269 e. The summed E-state index contributed by atoms with van der Waals surface area (Å²) >= 11 is 0. The fourth-order valence-corrected chi connectivity index (χ4v) is 2.70. The van der Waals surface area contributed by atoms with Crippen molar-refractivity contribution in [1.82, 2.24) is 5.32 Å². The zero-order valence-electron chi connectivity index (χ0n) is 13.0. The number of anilines is 1. The summed E-state index contributed by atoms with van der Waals surface area (Å²) in [5.41, 5.74) is 0.601. The van der Waals surface area contributed by atoms with E-state index < -0.39 is 22.7 Å². The van der Waals surface area contributed by atoms with Gasteiger partial charge in [-0.1, -0.05) is 6.07 Å². The van der Waals surface area contributed by atoms with Gasteiger partial charge in [0.15, 0.2) is 0 Å². The van der Waals surface area contributed by atoms with Crippen molar-refractivity contribution < 1.29 is 18.9 Å². The van der Waals surface area contributed by atoms with E-state index >= 15 is 0 Å². The van der Waals surface area contributed by atoms with Gasteiger partial charge in [0.1, 0.15) is 5.82 Å². The van der Waals surface area contributed by atoms with Crippen LogP contribution in [0.25, 0.3) is 0 Å². The quantitative estimate of drug-likeness (QED) is 0.681. The van der Waals surface area contributed by atoms with Gasteiger partial charge in [-0.25, -0.2) is 4.39 Å². The minimum Gasteiger partial charge on any atom is -0.347 e. The SMILES string of the molecule is O=C(N[C@@H]1CC(=O)N(c2cccc(F)c2)C1)c1ccc([N+](=O)[O-])cc1. The number of rotatable bonds is 4. The summed E-state index contributed by atoms with van der Waals surface area (Å²) in [6.45, 7) is 0.237. The van der Waals surface area contributed by atoms with E-state index in [-0.39, 0.29) is 30.1 Å². The van der Waals surface area contributed by atoms with Gasteiger partial charge in [0, 0.05) is 36.3 Å². The fraction of sp³-hybridized carbons (Fsp3) is 0.176. The molecule has 1 aliphatic heterocycles. The van der Waals surface area contributed by atoms with Gasteiger partial charge in [-0.3, -0.25) is 19.7 Å². The Bertz CT molecular complexity index is 838. The van der Waals surface area contributed by atoms with Crippen LogP contribution >= 0.6 is 0 Å². The molecule has 7 nitrogen and oxygen atoms in total. The van der Waals surface area contributed by atoms with Crippen LogP contribution < -0.4 is 10.2 Å². The third-order valence-electron chi connectivity index (χ3n) is 3.92. The number of carbonyl (C=O) groups excluding carboxylic acids is 2. The molecule has 0 spiro atoms. The van der Waals surface area contributed by atoms with Crippen molar-refractivity contribution in [3.05, 3.63) is 70.0 Å². The van der Waals surface area contributed by atoms with E-state index in [2.05, 4.69) is 5.32 Å². The zero-order valence-corrected chi connectivity index (χ0v) is 13.0. The second-order valence-corrected chi connectivity index (χ2v) is 5.66. The molecular formula is C17H14FN3O4. The molecule has 1 fully saturated rings. The summed E-state index contributed by atoms with van der Waals surface area (Å²) < 4.78 is 13.3. The number of carbonyl (C=O) groups is 2. The van der Waals surface area contributed by atoms with E-state index in [1.165, 1.54) is 47.4 Å². The van der Waals surface area contributed by atoms with Crippen LogP contribution in [0.1, 0.15) is 16.8 Å². The molecule has 25 heavy (non-hydrogen) atoms. The van der Waals surface area contributed by atoms with E-state index in [9.17, 15) is 24.1 Å². The molecule has 0 bridgehead atoms. The van der Waals surface area contributed by atoms with Gasteiger partial charge in [-0.05, 0) is 30.3 Å². The first-order valence-electron chi connectivity index (χ1n) is 7.55. The number of benzene rings is 2. The second kappa shape index (κ2) is 6.68. The monoisotopic (exact) mass is 343 g/mol. The standard InChI is InChI=1S/C17H14FN3O4/c18-12-2-1-3-15(8-12)20-10-13(9-16(20)22)19-17(23)11-4-6-14(7-5-11)21(24)25/h1-8,13H,9-10H2,(H,19,23)/t13-/m1/s1. The highest BCUT2D eigenvalue weighted by Crippen LogP contribution is 2.22. The zero-order chi connectivity index (χ0) is 18.0. The number of nitrogens with zero attached hydrogens (tertiary/aromatic N) is 2. The number of nitro benzene ring substituents is 1. The Morgan fingerprint density at radius 2 is 1.96 bits per heavy atom. The van der Waals surface area contributed by atoms with Gasteiger partial charge >= 0.3 is 0 Å². The summed E-state index contributed by atoms with van der Waals surface area (Å²) in [5.74, 6) is -1.07. The molecule has 0 unspecified atom stereocenters. The minimum absolute atomic E-state index is 0.106. The Kier molecular flexibility index (Phi) is 4.42. The molecule has 1 saturated heterocycles. The molecule has 0 aromatic heterocycles. The third-order valence-corrected chi connectivity index (χ3v) is 3.92.